The van der Waals surface area contributed by atoms with Gasteiger partial charge in [-0.2, -0.15) is 0 Å². The highest BCUT2D eigenvalue weighted by atomic mass is 16.4. The van der Waals surface area contributed by atoms with Crippen LogP contribution in [0.15, 0.2) is 24.3 Å². The fraction of sp³-hybridized carbons (Fsp3) is 0.556. The first-order chi connectivity index (χ1) is 11.4. The first-order valence-electron chi connectivity index (χ1n) is 8.48. The van der Waals surface area contributed by atoms with E-state index >= 15 is 0 Å². The van der Waals surface area contributed by atoms with E-state index in [0.29, 0.717) is 12.8 Å². The molecule has 2 aliphatic rings. The molecular weight excluding hydrogens is 308 g/mol. The lowest BCUT2D eigenvalue weighted by Gasteiger charge is -2.35. The van der Waals surface area contributed by atoms with Crippen LogP contribution in [-0.4, -0.2) is 51.2 Å². The lowest BCUT2D eigenvalue weighted by atomic mass is 9.94. The van der Waals surface area contributed by atoms with Gasteiger partial charge in [-0.15, -0.1) is 0 Å². The SMILES string of the molecule is Cc1ccc(NC2(C(=O)N3C[C@H](O)C[C@H]3C(=O)O)CCCC2)cc1. The Balaban J connectivity index is 1.85. The van der Waals surface area contributed by atoms with Gasteiger partial charge in [0.25, 0.3) is 0 Å². The Morgan fingerprint density at radius 1 is 1.21 bits per heavy atom. The molecule has 2 atom stereocenters. The molecule has 130 valence electrons. The number of rotatable bonds is 4. The van der Waals surface area contributed by atoms with Crippen LogP contribution in [0.5, 0.6) is 0 Å². The van der Waals surface area contributed by atoms with Crippen molar-refractivity contribution in [2.24, 2.45) is 0 Å². The minimum Gasteiger partial charge on any atom is -0.480 e. The van der Waals surface area contributed by atoms with Gasteiger partial charge in [-0.1, -0.05) is 30.5 Å². The number of anilines is 1. The number of aliphatic carboxylic acids is 1. The van der Waals surface area contributed by atoms with E-state index in [1.165, 1.54) is 4.90 Å². The molecule has 1 amide bonds. The number of nitrogens with one attached hydrogen (secondary N) is 1. The zero-order chi connectivity index (χ0) is 17.3. The van der Waals surface area contributed by atoms with E-state index in [9.17, 15) is 19.8 Å². The van der Waals surface area contributed by atoms with Crippen molar-refractivity contribution in [3.05, 3.63) is 29.8 Å². The monoisotopic (exact) mass is 332 g/mol. The Morgan fingerprint density at radius 2 is 1.83 bits per heavy atom. The normalized spacial score (nSPS) is 25.7. The topological polar surface area (TPSA) is 89.9 Å². The van der Waals surface area contributed by atoms with Crippen molar-refractivity contribution >= 4 is 17.6 Å². The number of aliphatic hydroxyl groups excluding tert-OH is 1. The van der Waals surface area contributed by atoms with Gasteiger partial charge in [-0.05, 0) is 31.9 Å². The summed E-state index contributed by atoms with van der Waals surface area (Å²) in [6.45, 7) is 2.09. The van der Waals surface area contributed by atoms with Gasteiger partial charge >= 0.3 is 5.97 Å². The highest BCUT2D eigenvalue weighted by Crippen LogP contribution is 2.36. The van der Waals surface area contributed by atoms with Gasteiger partial charge in [0, 0.05) is 18.7 Å². The minimum atomic E-state index is -1.05. The van der Waals surface area contributed by atoms with Crippen LogP contribution >= 0.6 is 0 Å². The van der Waals surface area contributed by atoms with Crippen LogP contribution in [0, 0.1) is 6.92 Å². The van der Waals surface area contributed by atoms with E-state index in [2.05, 4.69) is 5.32 Å². The molecule has 1 aromatic rings. The van der Waals surface area contributed by atoms with Gasteiger partial charge in [0.15, 0.2) is 0 Å². The van der Waals surface area contributed by atoms with Crippen LogP contribution in [0.1, 0.15) is 37.7 Å². The number of aliphatic hydroxyl groups is 1. The Hall–Kier alpha value is -2.08. The van der Waals surface area contributed by atoms with Gasteiger partial charge in [0.1, 0.15) is 11.6 Å². The molecule has 1 aromatic carbocycles. The third kappa shape index (κ3) is 3.11. The van der Waals surface area contributed by atoms with Crippen molar-refractivity contribution in [1.29, 1.82) is 0 Å². The van der Waals surface area contributed by atoms with E-state index in [0.717, 1.165) is 24.1 Å². The average molecular weight is 332 g/mol. The van der Waals surface area contributed by atoms with Crippen LogP contribution in [0.2, 0.25) is 0 Å². The summed E-state index contributed by atoms with van der Waals surface area (Å²) in [7, 11) is 0. The second-order valence-electron chi connectivity index (χ2n) is 6.98. The predicted octanol–water partition coefficient (Wildman–Crippen LogP) is 1.77. The number of hydrogen-bond donors (Lipinski definition) is 3. The Bertz CT molecular complexity index is 622. The van der Waals surface area contributed by atoms with Gasteiger partial charge in [-0.25, -0.2) is 4.79 Å². The molecule has 3 rings (SSSR count). The fourth-order valence-corrected chi connectivity index (χ4v) is 3.83. The minimum absolute atomic E-state index is 0.0904. The average Bonchev–Trinajstić information content (AvgIpc) is 3.16. The summed E-state index contributed by atoms with van der Waals surface area (Å²) in [5.41, 5.74) is 1.23. The quantitative estimate of drug-likeness (QED) is 0.782. The van der Waals surface area contributed by atoms with Crippen LogP contribution in [0.3, 0.4) is 0 Å². The largest absolute Gasteiger partial charge is 0.480 e. The first-order valence-corrected chi connectivity index (χ1v) is 8.48. The number of amides is 1. The van der Waals surface area contributed by atoms with Crippen LogP contribution in [0.4, 0.5) is 5.69 Å². The molecule has 3 N–H and O–H groups in total. The Morgan fingerprint density at radius 3 is 2.42 bits per heavy atom. The summed E-state index contributed by atoms with van der Waals surface area (Å²) in [5, 5.41) is 22.6. The van der Waals surface area contributed by atoms with Gasteiger partial charge in [-0.3, -0.25) is 4.79 Å². The van der Waals surface area contributed by atoms with E-state index in [-0.39, 0.29) is 18.9 Å². The molecule has 0 spiro atoms. The molecule has 1 saturated heterocycles. The summed E-state index contributed by atoms with van der Waals surface area (Å²) in [5.74, 6) is -1.26. The highest BCUT2D eigenvalue weighted by Gasteiger charge is 2.49. The molecule has 0 radical (unpaired) electrons. The third-order valence-electron chi connectivity index (χ3n) is 5.13. The van der Waals surface area contributed by atoms with Crippen LogP contribution in [0.25, 0.3) is 0 Å². The number of likely N-dealkylation sites (tertiary alicyclic amines) is 1. The zero-order valence-corrected chi connectivity index (χ0v) is 13.9. The van der Waals surface area contributed by atoms with Crippen LogP contribution in [-0.2, 0) is 9.59 Å². The van der Waals surface area contributed by atoms with Crippen molar-refractivity contribution in [1.82, 2.24) is 4.90 Å². The molecule has 1 aliphatic heterocycles. The smallest absolute Gasteiger partial charge is 0.326 e. The molecule has 1 heterocycles. The third-order valence-corrected chi connectivity index (χ3v) is 5.13. The Kier molecular flexibility index (Phi) is 4.49. The summed E-state index contributed by atoms with van der Waals surface area (Å²) >= 11 is 0. The van der Waals surface area contributed by atoms with E-state index < -0.39 is 23.7 Å². The number of carbonyl (C=O) groups is 2. The maximum atomic E-state index is 13.2. The number of aryl methyl sites for hydroxylation is 1. The number of benzene rings is 1. The summed E-state index contributed by atoms with van der Waals surface area (Å²) < 4.78 is 0. The molecule has 6 nitrogen and oxygen atoms in total. The summed E-state index contributed by atoms with van der Waals surface area (Å²) in [4.78, 5) is 26.0. The second kappa shape index (κ2) is 6.43. The van der Waals surface area contributed by atoms with E-state index in [1.54, 1.807) is 0 Å². The van der Waals surface area contributed by atoms with Crippen molar-refractivity contribution < 1.29 is 19.8 Å². The summed E-state index contributed by atoms with van der Waals surface area (Å²) in [6.07, 6.45) is 2.55. The first kappa shape index (κ1) is 16.8. The fourth-order valence-electron chi connectivity index (χ4n) is 3.83. The number of nitrogens with zero attached hydrogens (tertiary/aromatic N) is 1. The molecule has 0 unspecified atom stereocenters. The molecule has 1 aliphatic carbocycles. The van der Waals surface area contributed by atoms with Crippen molar-refractivity contribution in [2.75, 3.05) is 11.9 Å². The van der Waals surface area contributed by atoms with Crippen LogP contribution < -0.4 is 5.32 Å². The van der Waals surface area contributed by atoms with Gasteiger partial charge in [0.2, 0.25) is 5.91 Å². The summed E-state index contributed by atoms with van der Waals surface area (Å²) in [6, 6.07) is 6.90. The number of hydrogen-bond acceptors (Lipinski definition) is 4. The lowest BCUT2D eigenvalue weighted by molar-refractivity contribution is -0.150. The molecule has 0 bridgehead atoms. The maximum absolute atomic E-state index is 13.2. The predicted molar refractivity (Wildman–Crippen MR) is 89.8 cm³/mol. The van der Waals surface area contributed by atoms with Crippen molar-refractivity contribution in [3.8, 4) is 0 Å². The lowest BCUT2D eigenvalue weighted by Crippen LogP contribution is -2.55. The van der Waals surface area contributed by atoms with Gasteiger partial charge < -0.3 is 20.4 Å². The number of carbonyl (C=O) groups excluding carboxylic acids is 1. The maximum Gasteiger partial charge on any atom is 0.326 e. The van der Waals surface area contributed by atoms with Gasteiger partial charge in [0.05, 0.1) is 6.10 Å². The second-order valence-corrected chi connectivity index (χ2v) is 6.98. The van der Waals surface area contributed by atoms with E-state index in [1.807, 2.05) is 31.2 Å². The number of carboxylic acids is 1. The molecule has 1 saturated carbocycles. The molecule has 24 heavy (non-hydrogen) atoms. The van der Waals surface area contributed by atoms with E-state index in [4.69, 9.17) is 0 Å². The standard InChI is InChI=1S/C18H24N2O4/c1-12-4-6-13(7-5-12)19-18(8-2-3-9-18)17(24)20-11-14(21)10-15(20)16(22)23/h4-7,14-15,19,21H,2-3,8-11H2,1H3,(H,22,23)/t14-,15+/m1/s1. The molecular formula is C18H24N2O4. The highest BCUT2D eigenvalue weighted by molar-refractivity contribution is 5.93. The van der Waals surface area contributed by atoms with Crippen molar-refractivity contribution in [2.45, 2.75) is 56.7 Å². The molecule has 0 aromatic heterocycles. The molecule has 2 fully saturated rings. The van der Waals surface area contributed by atoms with Crippen molar-refractivity contribution in [3.63, 3.8) is 0 Å². The zero-order valence-electron chi connectivity index (χ0n) is 13.9. The number of β-amino-alcohol motifs (C(OH)–C–C–N with tert-alkyl or cyclic N) is 1. The number of carboxylic acid groups (broad SMARTS) is 1. The Labute approximate surface area is 141 Å². The molecule has 6 heteroatoms.